The Kier molecular flexibility index (Phi) is 7.11. The Labute approximate surface area is 190 Å². The Bertz CT molecular complexity index is 1240. The summed E-state index contributed by atoms with van der Waals surface area (Å²) in [6.07, 6.45) is -2.25. The van der Waals surface area contributed by atoms with E-state index >= 15 is 0 Å². The van der Waals surface area contributed by atoms with E-state index in [0.717, 1.165) is 28.6 Å². The first-order chi connectivity index (χ1) is 15.4. The van der Waals surface area contributed by atoms with Crippen LogP contribution in [0.1, 0.15) is 13.8 Å². The van der Waals surface area contributed by atoms with E-state index in [9.17, 15) is 26.0 Å². The Hall–Kier alpha value is -2.94. The van der Waals surface area contributed by atoms with Gasteiger partial charge in [-0.3, -0.25) is 9.62 Å². The van der Waals surface area contributed by atoms with E-state index in [1.54, 1.807) is 13.8 Å². The minimum atomic E-state index is -4.22. The van der Waals surface area contributed by atoms with Gasteiger partial charge in [-0.2, -0.15) is 17.9 Å². The number of rotatable bonds is 8. The summed E-state index contributed by atoms with van der Waals surface area (Å²) in [5.41, 5.74) is 0.148. The van der Waals surface area contributed by atoms with Gasteiger partial charge >= 0.3 is 6.09 Å². The third-order valence-electron chi connectivity index (χ3n) is 4.44. The minimum absolute atomic E-state index is 0.0463. The highest BCUT2D eigenvalue weighted by Crippen LogP contribution is 2.39. The molecule has 0 fully saturated rings. The summed E-state index contributed by atoms with van der Waals surface area (Å²) < 4.78 is 75.6. The molecule has 2 aromatic carbocycles. The van der Waals surface area contributed by atoms with Crippen LogP contribution >= 0.6 is 0 Å². The van der Waals surface area contributed by atoms with Gasteiger partial charge in [-0.05, 0) is 56.3 Å². The Morgan fingerprint density at radius 2 is 1.85 bits per heavy atom. The molecule has 1 amide bonds. The number of fused-ring (bicyclic) bond motifs is 1. The lowest BCUT2D eigenvalue weighted by Crippen LogP contribution is -2.50. The van der Waals surface area contributed by atoms with E-state index < -0.39 is 38.2 Å². The molecule has 11 nitrogen and oxygen atoms in total. The molecule has 0 radical (unpaired) electrons. The number of hydrogen-bond donors (Lipinski definition) is 4. The van der Waals surface area contributed by atoms with Crippen molar-refractivity contribution in [1.82, 2.24) is 9.44 Å². The fourth-order valence-electron chi connectivity index (χ4n) is 3.14. The molecule has 180 valence electrons. The van der Waals surface area contributed by atoms with Crippen LogP contribution in [-0.4, -0.2) is 53.3 Å². The number of nitrogens with one attached hydrogen (secondary N) is 3. The summed E-state index contributed by atoms with van der Waals surface area (Å²) in [5.74, 6) is -0.516. The van der Waals surface area contributed by atoms with Crippen molar-refractivity contribution in [3.8, 4) is 5.75 Å². The van der Waals surface area contributed by atoms with Crippen molar-refractivity contribution in [2.75, 3.05) is 22.7 Å². The highest BCUT2D eigenvalue weighted by atomic mass is 32.2. The fraction of sp³-hybridized carbons (Fsp3) is 0.316. The molecule has 2 aromatic rings. The van der Waals surface area contributed by atoms with Crippen LogP contribution < -0.4 is 23.8 Å². The summed E-state index contributed by atoms with van der Waals surface area (Å²) in [6.45, 7) is 2.76. The van der Waals surface area contributed by atoms with E-state index in [0.29, 0.717) is 0 Å². The van der Waals surface area contributed by atoms with Crippen LogP contribution in [0.15, 0.2) is 47.4 Å². The fourth-order valence-corrected chi connectivity index (χ4v) is 5.74. The molecule has 1 aliphatic heterocycles. The SMILES string of the molecule is CC(C)NS(=O)(=O)NCC1CN(S(=O)(=O)c2ccc(F)cc2)c2cc(NC(=O)O)ccc2O1. The summed E-state index contributed by atoms with van der Waals surface area (Å²) in [6, 6.07) is 7.88. The molecule has 14 heteroatoms. The third-order valence-corrected chi connectivity index (χ3v) is 7.56. The number of carbonyl (C=O) groups is 1. The number of halogens is 1. The molecule has 0 aliphatic carbocycles. The van der Waals surface area contributed by atoms with Crippen LogP contribution in [0.2, 0.25) is 0 Å². The lowest BCUT2D eigenvalue weighted by molar-refractivity contribution is 0.203. The number of benzene rings is 2. The molecule has 1 atom stereocenters. The van der Waals surface area contributed by atoms with Gasteiger partial charge in [0.1, 0.15) is 17.7 Å². The normalized spacial score (nSPS) is 16.2. The number of sulfonamides is 1. The topological polar surface area (TPSA) is 154 Å². The minimum Gasteiger partial charge on any atom is -0.485 e. The van der Waals surface area contributed by atoms with Crippen LogP contribution in [-0.2, 0) is 20.2 Å². The summed E-state index contributed by atoms with van der Waals surface area (Å²) in [7, 11) is -8.08. The van der Waals surface area contributed by atoms with Crippen LogP contribution in [0.5, 0.6) is 5.75 Å². The summed E-state index contributed by atoms with van der Waals surface area (Å²) in [4.78, 5) is 10.8. The first-order valence-corrected chi connectivity index (χ1v) is 12.7. The zero-order valence-electron chi connectivity index (χ0n) is 17.6. The Morgan fingerprint density at radius 3 is 2.45 bits per heavy atom. The van der Waals surface area contributed by atoms with Crippen LogP contribution in [0.4, 0.5) is 20.6 Å². The van der Waals surface area contributed by atoms with Crippen molar-refractivity contribution in [2.24, 2.45) is 0 Å². The molecule has 4 N–H and O–H groups in total. The van der Waals surface area contributed by atoms with Gasteiger partial charge in [-0.15, -0.1) is 0 Å². The van der Waals surface area contributed by atoms with Gasteiger partial charge in [-0.25, -0.2) is 17.6 Å². The standard InChI is InChI=1S/C19H23FN4O7S2/c1-12(2)23-33(29,30)21-10-15-11-24(32(27,28)16-6-3-13(20)4-7-16)17-9-14(22-19(25)26)5-8-18(17)31-15/h3-9,12,15,21-23H,10-11H2,1-2H3,(H,25,26). The van der Waals surface area contributed by atoms with Gasteiger partial charge in [0.25, 0.3) is 20.2 Å². The molecule has 33 heavy (non-hydrogen) atoms. The van der Waals surface area contributed by atoms with E-state index in [1.807, 2.05) is 0 Å². The maximum absolute atomic E-state index is 13.3. The second-order valence-corrected chi connectivity index (χ2v) is 10.9. The molecule has 0 spiro atoms. The zero-order valence-corrected chi connectivity index (χ0v) is 19.3. The molecule has 1 heterocycles. The van der Waals surface area contributed by atoms with Crippen LogP contribution in [0, 0.1) is 5.82 Å². The van der Waals surface area contributed by atoms with Gasteiger partial charge in [-0.1, -0.05) is 0 Å². The average Bonchev–Trinajstić information content (AvgIpc) is 2.70. The summed E-state index contributed by atoms with van der Waals surface area (Å²) in [5, 5.41) is 11.1. The smallest absolute Gasteiger partial charge is 0.409 e. The Balaban J connectivity index is 1.97. The second kappa shape index (κ2) is 9.51. The number of anilines is 2. The monoisotopic (exact) mass is 502 g/mol. The number of nitrogens with zero attached hydrogens (tertiary/aromatic N) is 1. The largest absolute Gasteiger partial charge is 0.485 e. The first kappa shape index (κ1) is 24.7. The van der Waals surface area contributed by atoms with Crippen LogP contribution in [0.25, 0.3) is 0 Å². The van der Waals surface area contributed by atoms with Gasteiger partial charge in [0.05, 0.1) is 23.7 Å². The van der Waals surface area contributed by atoms with E-state index in [4.69, 9.17) is 9.84 Å². The number of ether oxygens (including phenoxy) is 1. The lowest BCUT2D eigenvalue weighted by atomic mass is 10.2. The van der Waals surface area contributed by atoms with Gasteiger partial charge in [0, 0.05) is 11.7 Å². The molecule has 0 saturated heterocycles. The van der Waals surface area contributed by atoms with E-state index in [-0.39, 0.29) is 41.2 Å². The number of amides is 1. The molecular weight excluding hydrogens is 479 g/mol. The maximum Gasteiger partial charge on any atom is 0.409 e. The molecule has 1 unspecified atom stereocenters. The third kappa shape index (κ3) is 6.10. The highest BCUT2D eigenvalue weighted by Gasteiger charge is 2.35. The maximum atomic E-state index is 13.3. The van der Waals surface area contributed by atoms with Crippen molar-refractivity contribution in [3.05, 3.63) is 48.3 Å². The molecule has 0 bridgehead atoms. The molecule has 1 aliphatic rings. The van der Waals surface area contributed by atoms with Gasteiger partial charge in [0.2, 0.25) is 0 Å². The predicted octanol–water partition coefficient (Wildman–Crippen LogP) is 1.70. The molecular formula is C19H23FN4O7S2. The molecule has 0 aromatic heterocycles. The van der Waals surface area contributed by atoms with Crippen LogP contribution in [0.3, 0.4) is 0 Å². The Morgan fingerprint density at radius 1 is 1.18 bits per heavy atom. The lowest BCUT2D eigenvalue weighted by Gasteiger charge is -2.35. The average molecular weight is 503 g/mol. The molecule has 0 saturated carbocycles. The van der Waals surface area contributed by atoms with E-state index in [2.05, 4.69) is 14.8 Å². The number of carboxylic acid groups (broad SMARTS) is 1. The highest BCUT2D eigenvalue weighted by molar-refractivity contribution is 7.92. The quantitative estimate of drug-likeness (QED) is 0.428. The van der Waals surface area contributed by atoms with E-state index in [1.165, 1.54) is 18.2 Å². The van der Waals surface area contributed by atoms with Gasteiger partial charge < -0.3 is 9.84 Å². The van der Waals surface area contributed by atoms with Crippen molar-refractivity contribution in [3.63, 3.8) is 0 Å². The number of hydrogen-bond acceptors (Lipinski definition) is 6. The van der Waals surface area contributed by atoms with Gasteiger partial charge in [0.15, 0.2) is 0 Å². The van der Waals surface area contributed by atoms with Crippen molar-refractivity contribution in [1.29, 1.82) is 0 Å². The molecule has 3 rings (SSSR count). The zero-order chi connectivity index (χ0) is 24.4. The second-order valence-electron chi connectivity index (χ2n) is 7.47. The van der Waals surface area contributed by atoms with Crippen molar-refractivity contribution < 1.29 is 35.9 Å². The van der Waals surface area contributed by atoms with Crippen molar-refractivity contribution in [2.45, 2.75) is 30.9 Å². The first-order valence-electron chi connectivity index (χ1n) is 9.73. The predicted molar refractivity (Wildman–Crippen MR) is 119 cm³/mol. The summed E-state index contributed by atoms with van der Waals surface area (Å²) >= 11 is 0. The van der Waals surface area contributed by atoms with Crippen molar-refractivity contribution >= 4 is 37.7 Å².